The van der Waals surface area contributed by atoms with Gasteiger partial charge in [0.25, 0.3) is 0 Å². The van der Waals surface area contributed by atoms with Gasteiger partial charge >= 0.3 is 0 Å². The summed E-state index contributed by atoms with van der Waals surface area (Å²) in [6.45, 7) is 0. The lowest BCUT2D eigenvalue weighted by Gasteiger charge is -2.35. The smallest absolute Gasteiger partial charge is 0.129 e. The molecule has 1 unspecified atom stereocenters. The SMILES string of the molecule is OC1(c2cc(Br)ccc2F)CCCc2ccccc21. The van der Waals surface area contributed by atoms with Crippen LogP contribution in [-0.4, -0.2) is 5.11 Å². The van der Waals surface area contributed by atoms with Crippen LogP contribution < -0.4 is 0 Å². The lowest BCUT2D eigenvalue weighted by Crippen LogP contribution is -2.32. The van der Waals surface area contributed by atoms with Crippen molar-refractivity contribution >= 4 is 15.9 Å². The number of fused-ring (bicyclic) bond motifs is 1. The Morgan fingerprint density at radius 1 is 1.11 bits per heavy atom. The third-order valence-corrected chi connectivity index (χ3v) is 4.31. The highest BCUT2D eigenvalue weighted by Crippen LogP contribution is 2.42. The van der Waals surface area contributed by atoms with Crippen LogP contribution >= 0.6 is 15.9 Å². The van der Waals surface area contributed by atoms with Crippen molar-refractivity contribution in [2.24, 2.45) is 0 Å². The highest BCUT2D eigenvalue weighted by atomic mass is 79.9. The molecule has 2 aromatic rings. The molecule has 0 fully saturated rings. The maximum atomic E-state index is 14.1. The molecule has 0 spiro atoms. The van der Waals surface area contributed by atoms with Crippen LogP contribution in [0.1, 0.15) is 29.5 Å². The number of aryl methyl sites for hydroxylation is 1. The normalized spacial score (nSPS) is 22.1. The summed E-state index contributed by atoms with van der Waals surface area (Å²) >= 11 is 3.35. The summed E-state index contributed by atoms with van der Waals surface area (Å²) in [5.74, 6) is -0.359. The molecule has 98 valence electrons. The van der Waals surface area contributed by atoms with Gasteiger partial charge in [-0.05, 0) is 48.6 Å². The Hall–Kier alpha value is -1.19. The molecule has 0 saturated heterocycles. The summed E-state index contributed by atoms with van der Waals surface area (Å²) in [6, 6.07) is 12.5. The third kappa shape index (κ3) is 2.11. The van der Waals surface area contributed by atoms with Crippen molar-refractivity contribution in [1.29, 1.82) is 0 Å². The van der Waals surface area contributed by atoms with E-state index in [-0.39, 0.29) is 5.82 Å². The zero-order chi connectivity index (χ0) is 13.5. The van der Waals surface area contributed by atoms with E-state index in [9.17, 15) is 9.50 Å². The Bertz CT molecular complexity index is 626. The van der Waals surface area contributed by atoms with Crippen molar-refractivity contribution in [2.45, 2.75) is 24.9 Å². The molecule has 1 nitrogen and oxygen atoms in total. The second kappa shape index (κ2) is 4.73. The summed E-state index contributed by atoms with van der Waals surface area (Å²) in [6.07, 6.45) is 2.35. The Balaban J connectivity index is 2.21. The monoisotopic (exact) mass is 320 g/mol. The number of aliphatic hydroxyl groups is 1. The van der Waals surface area contributed by atoms with E-state index < -0.39 is 5.60 Å². The van der Waals surface area contributed by atoms with Crippen molar-refractivity contribution < 1.29 is 9.50 Å². The number of rotatable bonds is 1. The topological polar surface area (TPSA) is 20.2 Å². The first kappa shape index (κ1) is 12.8. The second-order valence-electron chi connectivity index (χ2n) is 5.00. The van der Waals surface area contributed by atoms with Gasteiger partial charge in [0.15, 0.2) is 0 Å². The van der Waals surface area contributed by atoms with Crippen LogP contribution in [0, 0.1) is 5.82 Å². The summed E-state index contributed by atoms with van der Waals surface area (Å²) in [4.78, 5) is 0. The molecule has 0 aromatic heterocycles. The third-order valence-electron chi connectivity index (χ3n) is 3.82. The number of benzene rings is 2. The first-order valence-corrected chi connectivity index (χ1v) is 7.17. The number of hydrogen-bond donors (Lipinski definition) is 1. The summed E-state index contributed by atoms with van der Waals surface area (Å²) in [7, 11) is 0. The van der Waals surface area contributed by atoms with Crippen LogP contribution in [0.3, 0.4) is 0 Å². The van der Waals surface area contributed by atoms with Gasteiger partial charge < -0.3 is 5.11 Å². The van der Waals surface area contributed by atoms with Crippen LogP contribution in [0.2, 0.25) is 0 Å². The standard InChI is InChI=1S/C16H14BrFO/c17-12-7-8-15(18)14(10-12)16(19)9-3-5-11-4-1-2-6-13(11)16/h1-2,4,6-8,10,19H,3,5,9H2. The van der Waals surface area contributed by atoms with Crippen molar-refractivity contribution in [2.75, 3.05) is 0 Å². The molecular formula is C16H14BrFO. The molecule has 1 aliphatic rings. The molecule has 1 N–H and O–H groups in total. The van der Waals surface area contributed by atoms with Gasteiger partial charge in [0.1, 0.15) is 11.4 Å². The molecule has 2 aromatic carbocycles. The predicted molar refractivity (Wildman–Crippen MR) is 76.5 cm³/mol. The van der Waals surface area contributed by atoms with E-state index in [1.165, 1.54) is 6.07 Å². The van der Waals surface area contributed by atoms with E-state index in [0.29, 0.717) is 12.0 Å². The Morgan fingerprint density at radius 3 is 2.74 bits per heavy atom. The maximum Gasteiger partial charge on any atom is 0.129 e. The van der Waals surface area contributed by atoms with Gasteiger partial charge in [-0.1, -0.05) is 40.2 Å². The maximum absolute atomic E-state index is 14.1. The number of hydrogen-bond acceptors (Lipinski definition) is 1. The lowest BCUT2D eigenvalue weighted by molar-refractivity contribution is 0.0578. The highest BCUT2D eigenvalue weighted by Gasteiger charge is 2.37. The van der Waals surface area contributed by atoms with Gasteiger partial charge in [0.2, 0.25) is 0 Å². The summed E-state index contributed by atoms with van der Waals surface area (Å²) < 4.78 is 14.9. The van der Waals surface area contributed by atoms with Crippen LogP contribution in [0.25, 0.3) is 0 Å². The molecule has 0 saturated carbocycles. The zero-order valence-electron chi connectivity index (χ0n) is 10.4. The van der Waals surface area contributed by atoms with Gasteiger partial charge in [-0.3, -0.25) is 0 Å². The van der Waals surface area contributed by atoms with E-state index in [4.69, 9.17) is 0 Å². The summed E-state index contributed by atoms with van der Waals surface area (Å²) in [5, 5.41) is 11.0. The first-order chi connectivity index (χ1) is 9.11. The molecular weight excluding hydrogens is 307 g/mol. The van der Waals surface area contributed by atoms with E-state index in [2.05, 4.69) is 15.9 Å². The van der Waals surface area contributed by atoms with Crippen LogP contribution in [-0.2, 0) is 12.0 Å². The minimum atomic E-state index is -1.22. The predicted octanol–water partition coefficient (Wildman–Crippen LogP) is 4.16. The van der Waals surface area contributed by atoms with Gasteiger partial charge in [0, 0.05) is 10.0 Å². The second-order valence-corrected chi connectivity index (χ2v) is 5.91. The molecule has 1 aliphatic carbocycles. The van der Waals surface area contributed by atoms with E-state index >= 15 is 0 Å². The van der Waals surface area contributed by atoms with Crippen molar-refractivity contribution in [1.82, 2.24) is 0 Å². The van der Waals surface area contributed by atoms with Crippen LogP contribution in [0.4, 0.5) is 4.39 Å². The fourth-order valence-corrected chi connectivity index (χ4v) is 3.27. The first-order valence-electron chi connectivity index (χ1n) is 6.37. The largest absolute Gasteiger partial charge is 0.380 e. The number of halogens is 2. The molecule has 0 heterocycles. The van der Waals surface area contributed by atoms with Gasteiger partial charge in [0.05, 0.1) is 0 Å². The average Bonchev–Trinajstić information content (AvgIpc) is 2.42. The van der Waals surface area contributed by atoms with Crippen molar-refractivity contribution in [3.8, 4) is 0 Å². The van der Waals surface area contributed by atoms with Crippen LogP contribution in [0.15, 0.2) is 46.9 Å². The Morgan fingerprint density at radius 2 is 1.89 bits per heavy atom. The van der Waals surface area contributed by atoms with Crippen molar-refractivity contribution in [3.63, 3.8) is 0 Å². The molecule has 0 amide bonds. The Kier molecular flexibility index (Phi) is 3.19. The van der Waals surface area contributed by atoms with E-state index in [1.807, 2.05) is 24.3 Å². The zero-order valence-corrected chi connectivity index (χ0v) is 12.0. The van der Waals surface area contributed by atoms with Gasteiger partial charge in [-0.15, -0.1) is 0 Å². The molecule has 0 bridgehead atoms. The lowest BCUT2D eigenvalue weighted by atomic mass is 9.75. The minimum Gasteiger partial charge on any atom is -0.380 e. The highest BCUT2D eigenvalue weighted by molar-refractivity contribution is 9.10. The van der Waals surface area contributed by atoms with Crippen LogP contribution in [0.5, 0.6) is 0 Å². The van der Waals surface area contributed by atoms with E-state index in [0.717, 1.165) is 28.4 Å². The molecule has 0 radical (unpaired) electrons. The van der Waals surface area contributed by atoms with E-state index in [1.54, 1.807) is 12.1 Å². The molecule has 1 atom stereocenters. The van der Waals surface area contributed by atoms with Crippen molar-refractivity contribution in [3.05, 3.63) is 69.4 Å². The van der Waals surface area contributed by atoms with Gasteiger partial charge in [-0.2, -0.15) is 0 Å². The molecule has 3 rings (SSSR count). The minimum absolute atomic E-state index is 0.356. The molecule has 3 heteroatoms. The fourth-order valence-electron chi connectivity index (χ4n) is 2.91. The fraction of sp³-hybridized carbons (Fsp3) is 0.250. The Labute approximate surface area is 120 Å². The quantitative estimate of drug-likeness (QED) is 0.836. The van der Waals surface area contributed by atoms with Gasteiger partial charge in [-0.25, -0.2) is 4.39 Å². The molecule has 0 aliphatic heterocycles. The average molecular weight is 321 g/mol. The summed E-state index contributed by atoms with van der Waals surface area (Å²) in [5.41, 5.74) is 1.07. The molecule has 19 heavy (non-hydrogen) atoms.